The Hall–Kier alpha value is -3.11. The molecule has 0 radical (unpaired) electrons. The number of aryl methyl sites for hydroxylation is 1. The average molecular weight is 402 g/mol. The Morgan fingerprint density at radius 1 is 1.36 bits per heavy atom. The number of carbonyl (C=O) groups excluding carboxylic acids is 1. The molecule has 0 bridgehead atoms. The molecule has 28 heavy (non-hydrogen) atoms. The summed E-state index contributed by atoms with van der Waals surface area (Å²) in [4.78, 5) is 40.4. The summed E-state index contributed by atoms with van der Waals surface area (Å²) in [5.41, 5.74) is 6.43. The van der Waals surface area contributed by atoms with E-state index in [0.717, 1.165) is 16.9 Å². The van der Waals surface area contributed by atoms with Crippen molar-refractivity contribution in [1.82, 2.24) is 9.55 Å². The molecule has 1 amide bonds. The van der Waals surface area contributed by atoms with Crippen molar-refractivity contribution in [2.45, 2.75) is 19.9 Å². The lowest BCUT2D eigenvalue weighted by Crippen LogP contribution is -2.27. The Morgan fingerprint density at radius 3 is 2.61 bits per heavy atom. The van der Waals surface area contributed by atoms with Crippen LogP contribution in [0.3, 0.4) is 0 Å². The van der Waals surface area contributed by atoms with Crippen molar-refractivity contribution in [3.05, 3.63) is 66.6 Å². The maximum absolute atomic E-state index is 13.1. The van der Waals surface area contributed by atoms with Crippen LogP contribution in [-0.4, -0.2) is 34.1 Å². The van der Waals surface area contributed by atoms with Crippen LogP contribution < -0.4 is 11.3 Å². The molecular weight excluding hydrogens is 384 g/mol. The number of rotatable bonds is 7. The van der Waals surface area contributed by atoms with Crippen LogP contribution in [0.4, 0.5) is 5.69 Å². The number of methoxy groups -OCH3 is 1. The molecule has 0 spiro atoms. The normalized spacial score (nSPS) is 11.1. The van der Waals surface area contributed by atoms with Crippen molar-refractivity contribution < 1.29 is 14.5 Å². The number of fused-ring (bicyclic) bond motifs is 1. The largest absolute Gasteiger partial charge is 0.383 e. The second-order valence-corrected chi connectivity index (χ2v) is 7.18. The quantitative estimate of drug-likeness (QED) is 0.475. The monoisotopic (exact) mass is 402 g/mol. The van der Waals surface area contributed by atoms with Gasteiger partial charge >= 0.3 is 0 Å². The van der Waals surface area contributed by atoms with E-state index in [-0.39, 0.29) is 11.2 Å². The van der Waals surface area contributed by atoms with Crippen LogP contribution in [0.2, 0.25) is 0 Å². The first-order valence-corrected chi connectivity index (χ1v) is 9.20. The minimum Gasteiger partial charge on any atom is -0.383 e. The lowest BCUT2D eigenvalue weighted by molar-refractivity contribution is -0.384. The van der Waals surface area contributed by atoms with Gasteiger partial charge in [0.1, 0.15) is 10.7 Å². The highest BCUT2D eigenvalue weighted by atomic mass is 32.1. The molecule has 0 unspecified atom stereocenters. The van der Waals surface area contributed by atoms with Crippen LogP contribution in [-0.2, 0) is 17.7 Å². The maximum atomic E-state index is 13.1. The summed E-state index contributed by atoms with van der Waals surface area (Å²) in [5, 5.41) is 11.2. The van der Waals surface area contributed by atoms with Gasteiger partial charge in [-0.05, 0) is 18.1 Å². The van der Waals surface area contributed by atoms with E-state index in [1.54, 1.807) is 19.1 Å². The number of thiophene rings is 1. The molecule has 0 saturated carbocycles. The van der Waals surface area contributed by atoms with Gasteiger partial charge in [-0.25, -0.2) is 4.98 Å². The number of nitrogens with two attached hydrogens (primary N) is 1. The third kappa shape index (κ3) is 3.64. The number of carbonyl (C=O) groups is 1. The minimum absolute atomic E-state index is 0.0103. The van der Waals surface area contributed by atoms with Crippen molar-refractivity contribution in [1.29, 1.82) is 0 Å². The molecule has 0 saturated heterocycles. The third-order valence-electron chi connectivity index (χ3n) is 4.38. The van der Waals surface area contributed by atoms with Crippen molar-refractivity contribution in [3.8, 4) is 0 Å². The molecule has 3 aromatic rings. The highest BCUT2D eigenvalue weighted by Gasteiger charge is 2.20. The van der Waals surface area contributed by atoms with Crippen LogP contribution in [0.25, 0.3) is 10.2 Å². The fourth-order valence-corrected chi connectivity index (χ4v) is 4.00. The molecule has 9 nitrogen and oxygen atoms in total. The number of hydrogen-bond donors (Lipinski definition) is 1. The van der Waals surface area contributed by atoms with E-state index in [1.807, 2.05) is 0 Å². The molecule has 1 aromatic carbocycles. The zero-order valence-corrected chi connectivity index (χ0v) is 16.1. The Kier molecular flexibility index (Phi) is 5.52. The molecule has 146 valence electrons. The van der Waals surface area contributed by atoms with Gasteiger partial charge in [-0.1, -0.05) is 12.1 Å². The fourth-order valence-electron chi connectivity index (χ4n) is 2.96. The number of ether oxygens (including phenoxy) is 1. The van der Waals surface area contributed by atoms with Crippen LogP contribution in [0.5, 0.6) is 0 Å². The molecule has 2 N–H and O–H groups in total. The van der Waals surface area contributed by atoms with Gasteiger partial charge in [0.25, 0.3) is 17.2 Å². The van der Waals surface area contributed by atoms with Crippen LogP contribution in [0.15, 0.2) is 29.1 Å². The standard InChI is InChI=1S/C18H18N4O5S/c1-10-14-17(28-15(10)16(19)23)20-13(21(18(14)24)7-8-27-2)9-11-3-5-12(6-4-11)22(25)26/h3-6H,7-9H2,1-2H3,(H2,19,23). The highest BCUT2D eigenvalue weighted by molar-refractivity contribution is 7.20. The SMILES string of the molecule is COCCn1c(Cc2ccc([N+](=O)[O-])cc2)nc2sc(C(N)=O)c(C)c2c1=O. The molecule has 2 aromatic heterocycles. The first-order valence-electron chi connectivity index (χ1n) is 8.38. The smallest absolute Gasteiger partial charge is 0.269 e. The number of non-ortho nitro benzene ring substituents is 1. The zero-order valence-electron chi connectivity index (χ0n) is 15.3. The van der Waals surface area contributed by atoms with Gasteiger partial charge in [-0.15, -0.1) is 11.3 Å². The van der Waals surface area contributed by atoms with Crippen molar-refractivity contribution in [3.63, 3.8) is 0 Å². The van der Waals surface area contributed by atoms with Crippen molar-refractivity contribution >= 4 is 33.1 Å². The fraction of sp³-hybridized carbons (Fsp3) is 0.278. The number of benzene rings is 1. The summed E-state index contributed by atoms with van der Waals surface area (Å²) in [6.45, 7) is 2.28. The van der Waals surface area contributed by atoms with E-state index in [2.05, 4.69) is 4.98 Å². The third-order valence-corrected chi connectivity index (χ3v) is 5.58. The number of hydrogen-bond acceptors (Lipinski definition) is 7. The summed E-state index contributed by atoms with van der Waals surface area (Å²) in [5.74, 6) is -0.110. The molecule has 0 atom stereocenters. The number of primary amides is 1. The minimum atomic E-state index is -0.597. The molecule has 3 rings (SSSR count). The van der Waals surface area contributed by atoms with E-state index in [9.17, 15) is 19.7 Å². The van der Waals surface area contributed by atoms with E-state index >= 15 is 0 Å². The summed E-state index contributed by atoms with van der Waals surface area (Å²) >= 11 is 1.09. The Balaban J connectivity index is 2.12. The topological polar surface area (TPSA) is 130 Å². The van der Waals surface area contributed by atoms with Gasteiger partial charge in [-0.2, -0.15) is 0 Å². The van der Waals surface area contributed by atoms with E-state index in [4.69, 9.17) is 10.5 Å². The molecule has 0 aliphatic heterocycles. The van der Waals surface area contributed by atoms with Crippen molar-refractivity contribution in [2.75, 3.05) is 13.7 Å². The summed E-state index contributed by atoms with van der Waals surface area (Å²) in [6, 6.07) is 6.07. The van der Waals surface area contributed by atoms with E-state index < -0.39 is 10.8 Å². The second kappa shape index (κ2) is 7.87. The van der Waals surface area contributed by atoms with Gasteiger partial charge in [-0.3, -0.25) is 24.3 Å². The molecule has 10 heteroatoms. The first kappa shape index (κ1) is 19.6. The van der Waals surface area contributed by atoms with Crippen LogP contribution in [0, 0.1) is 17.0 Å². The Bertz CT molecular complexity index is 1120. The van der Waals surface area contributed by atoms with Gasteiger partial charge in [0.2, 0.25) is 0 Å². The number of amides is 1. The first-order chi connectivity index (χ1) is 13.3. The van der Waals surface area contributed by atoms with E-state index in [1.165, 1.54) is 23.8 Å². The molecule has 2 heterocycles. The summed E-state index contributed by atoms with van der Waals surface area (Å²) in [7, 11) is 1.54. The van der Waals surface area contributed by atoms with Gasteiger partial charge in [0.15, 0.2) is 0 Å². The van der Waals surface area contributed by atoms with Gasteiger partial charge in [0.05, 0.1) is 28.3 Å². The van der Waals surface area contributed by atoms with Crippen LogP contribution in [0.1, 0.15) is 26.6 Å². The van der Waals surface area contributed by atoms with Gasteiger partial charge < -0.3 is 10.5 Å². The number of nitro groups is 1. The predicted octanol–water partition coefficient (Wildman–Crippen LogP) is 2.01. The lowest BCUT2D eigenvalue weighted by atomic mass is 10.1. The number of aromatic nitrogens is 2. The maximum Gasteiger partial charge on any atom is 0.269 e. The highest BCUT2D eigenvalue weighted by Crippen LogP contribution is 2.27. The Morgan fingerprint density at radius 2 is 2.04 bits per heavy atom. The molecule has 0 fully saturated rings. The van der Waals surface area contributed by atoms with Crippen molar-refractivity contribution in [2.24, 2.45) is 5.73 Å². The lowest BCUT2D eigenvalue weighted by Gasteiger charge is -2.12. The molecule has 0 aliphatic rings. The molecular formula is C18H18N4O5S. The van der Waals surface area contributed by atoms with Crippen LogP contribution >= 0.6 is 11.3 Å². The average Bonchev–Trinajstić information content (AvgIpc) is 2.99. The van der Waals surface area contributed by atoms with Gasteiger partial charge in [0, 0.05) is 25.7 Å². The predicted molar refractivity (Wildman–Crippen MR) is 105 cm³/mol. The number of nitro benzene ring substituents is 1. The Labute approximate surface area is 163 Å². The summed E-state index contributed by atoms with van der Waals surface area (Å²) < 4.78 is 6.61. The second-order valence-electron chi connectivity index (χ2n) is 6.18. The molecule has 0 aliphatic carbocycles. The number of nitrogens with zero attached hydrogens (tertiary/aromatic N) is 3. The summed E-state index contributed by atoms with van der Waals surface area (Å²) in [6.07, 6.45) is 0.301. The zero-order chi connectivity index (χ0) is 20.4. The van der Waals surface area contributed by atoms with E-state index in [0.29, 0.717) is 46.1 Å².